The van der Waals surface area contributed by atoms with Crippen LogP contribution in [-0.2, 0) is 25.9 Å². The third-order valence-corrected chi connectivity index (χ3v) is 1.82. The molecule has 0 saturated carbocycles. The zero-order valence-corrected chi connectivity index (χ0v) is 10.8. The topological polar surface area (TPSA) is 37.3 Å². The van der Waals surface area contributed by atoms with Gasteiger partial charge in [0, 0.05) is 27.5 Å². The second kappa shape index (κ2) is 9.77. The van der Waals surface area contributed by atoms with Crippen molar-refractivity contribution in [3.8, 4) is 0 Å². The number of hydrogen-bond donors (Lipinski definition) is 1. The van der Waals surface area contributed by atoms with Gasteiger partial charge < -0.3 is 5.11 Å². The SMILES string of the molecule is B.CC(C)(C)CCCCCC(=O)O.[Mo]. The van der Waals surface area contributed by atoms with Crippen molar-refractivity contribution in [3.05, 3.63) is 0 Å². The van der Waals surface area contributed by atoms with Crippen LogP contribution in [0.25, 0.3) is 0 Å². The molecule has 0 aliphatic heterocycles. The molecule has 0 bridgehead atoms. The molecule has 0 aromatic rings. The molecule has 0 saturated heterocycles. The molecule has 0 heterocycles. The quantitative estimate of drug-likeness (QED) is 0.617. The summed E-state index contributed by atoms with van der Waals surface area (Å²) in [4.78, 5) is 10.2. The molecule has 4 heteroatoms. The monoisotopic (exact) mass is 284 g/mol. The number of carboxylic acids is 1. The number of carboxylic acid groups (broad SMARTS) is 1. The summed E-state index contributed by atoms with van der Waals surface area (Å²) in [7, 11) is 0. The van der Waals surface area contributed by atoms with Crippen molar-refractivity contribution >= 4 is 14.4 Å². The smallest absolute Gasteiger partial charge is 0.303 e. The minimum atomic E-state index is -0.675. The Labute approximate surface area is 104 Å². The summed E-state index contributed by atoms with van der Waals surface area (Å²) in [6.07, 6.45) is 4.53. The molecule has 0 amide bonds. The van der Waals surface area contributed by atoms with Crippen molar-refractivity contribution in [1.82, 2.24) is 0 Å². The molecular weight excluding hydrogens is 259 g/mol. The van der Waals surface area contributed by atoms with Gasteiger partial charge in [-0.1, -0.05) is 33.6 Å². The molecule has 0 aliphatic rings. The molecule has 14 heavy (non-hydrogen) atoms. The van der Waals surface area contributed by atoms with Crippen molar-refractivity contribution in [3.63, 3.8) is 0 Å². The third-order valence-electron chi connectivity index (χ3n) is 1.82. The van der Waals surface area contributed by atoms with Gasteiger partial charge in [-0.3, -0.25) is 4.79 Å². The summed E-state index contributed by atoms with van der Waals surface area (Å²) in [5.41, 5.74) is 0.392. The molecular formula is C10H23BMoO2. The Bertz CT molecular complexity index is 144. The van der Waals surface area contributed by atoms with Gasteiger partial charge in [0.25, 0.3) is 0 Å². The average Bonchev–Trinajstić information content (AvgIpc) is 1.83. The number of carbonyl (C=O) groups is 1. The molecule has 2 nitrogen and oxygen atoms in total. The summed E-state index contributed by atoms with van der Waals surface area (Å²) < 4.78 is 0. The maximum atomic E-state index is 10.2. The first-order chi connectivity index (χ1) is 5.42. The van der Waals surface area contributed by atoms with E-state index in [0.29, 0.717) is 11.8 Å². The summed E-state index contributed by atoms with van der Waals surface area (Å²) in [5, 5.41) is 8.37. The molecule has 0 atom stereocenters. The van der Waals surface area contributed by atoms with Crippen molar-refractivity contribution in [2.24, 2.45) is 5.41 Å². The van der Waals surface area contributed by atoms with Crippen LogP contribution < -0.4 is 0 Å². The van der Waals surface area contributed by atoms with Crippen molar-refractivity contribution in [2.75, 3.05) is 0 Å². The first-order valence-electron chi connectivity index (χ1n) is 4.63. The maximum Gasteiger partial charge on any atom is 0.303 e. The molecule has 0 aromatic carbocycles. The minimum Gasteiger partial charge on any atom is -0.481 e. The molecule has 0 aromatic heterocycles. The van der Waals surface area contributed by atoms with E-state index in [-0.39, 0.29) is 29.5 Å². The molecule has 0 unspecified atom stereocenters. The van der Waals surface area contributed by atoms with Gasteiger partial charge in [-0.2, -0.15) is 0 Å². The Morgan fingerprint density at radius 1 is 1.14 bits per heavy atom. The third kappa shape index (κ3) is 18.1. The van der Waals surface area contributed by atoms with E-state index in [9.17, 15) is 4.79 Å². The fourth-order valence-electron chi connectivity index (χ4n) is 1.11. The van der Waals surface area contributed by atoms with E-state index in [2.05, 4.69) is 20.8 Å². The van der Waals surface area contributed by atoms with Gasteiger partial charge in [0.15, 0.2) is 0 Å². The molecule has 0 fully saturated rings. The van der Waals surface area contributed by atoms with Crippen molar-refractivity contribution < 1.29 is 31.0 Å². The van der Waals surface area contributed by atoms with E-state index in [1.165, 1.54) is 6.42 Å². The Morgan fingerprint density at radius 2 is 1.64 bits per heavy atom. The van der Waals surface area contributed by atoms with E-state index in [4.69, 9.17) is 5.11 Å². The number of aliphatic carboxylic acids is 1. The van der Waals surface area contributed by atoms with E-state index in [1.807, 2.05) is 0 Å². The van der Waals surface area contributed by atoms with Crippen LogP contribution in [-0.4, -0.2) is 19.5 Å². The number of hydrogen-bond acceptors (Lipinski definition) is 1. The Kier molecular flexibility index (Phi) is 13.8. The van der Waals surface area contributed by atoms with Gasteiger partial charge in [0.2, 0.25) is 0 Å². The summed E-state index contributed by atoms with van der Waals surface area (Å²) >= 11 is 0. The van der Waals surface area contributed by atoms with Gasteiger partial charge in [0.05, 0.1) is 8.41 Å². The van der Waals surface area contributed by atoms with Crippen LogP contribution in [0, 0.1) is 5.41 Å². The normalized spacial score (nSPS) is 9.93. The van der Waals surface area contributed by atoms with Gasteiger partial charge in [-0.15, -0.1) is 0 Å². The standard InChI is InChI=1S/C10H20O2.BH3.Mo/c1-10(2,3)8-6-4-5-7-9(11)12;;/h4-8H2,1-3H3,(H,11,12);1H3;. The average molecular weight is 282 g/mol. The molecule has 0 aliphatic carbocycles. The second-order valence-corrected chi connectivity index (χ2v) is 4.52. The maximum absolute atomic E-state index is 10.2. The Hall–Kier alpha value is 0.223. The number of unbranched alkanes of at least 4 members (excludes halogenated alkanes) is 2. The minimum absolute atomic E-state index is 0. The van der Waals surface area contributed by atoms with E-state index < -0.39 is 5.97 Å². The van der Waals surface area contributed by atoms with Crippen LogP contribution in [0.2, 0.25) is 0 Å². The summed E-state index contributed by atoms with van der Waals surface area (Å²) in [6, 6.07) is 0. The van der Waals surface area contributed by atoms with Gasteiger partial charge >= 0.3 is 5.97 Å². The van der Waals surface area contributed by atoms with Crippen LogP contribution in [0.3, 0.4) is 0 Å². The van der Waals surface area contributed by atoms with Crippen LogP contribution in [0.1, 0.15) is 52.9 Å². The fraction of sp³-hybridized carbons (Fsp3) is 0.900. The van der Waals surface area contributed by atoms with E-state index >= 15 is 0 Å². The van der Waals surface area contributed by atoms with Crippen LogP contribution >= 0.6 is 0 Å². The second-order valence-electron chi connectivity index (χ2n) is 4.52. The van der Waals surface area contributed by atoms with Crippen molar-refractivity contribution in [2.45, 2.75) is 52.9 Å². The summed E-state index contributed by atoms with van der Waals surface area (Å²) in [6.45, 7) is 6.64. The Morgan fingerprint density at radius 3 is 2.00 bits per heavy atom. The molecule has 0 rings (SSSR count). The van der Waals surface area contributed by atoms with E-state index in [0.717, 1.165) is 19.3 Å². The zero-order valence-electron chi connectivity index (χ0n) is 8.80. The predicted molar refractivity (Wildman–Crippen MR) is 60.1 cm³/mol. The molecule has 1 N–H and O–H groups in total. The van der Waals surface area contributed by atoms with Crippen LogP contribution in [0.15, 0.2) is 0 Å². The zero-order chi connectivity index (χ0) is 9.61. The van der Waals surface area contributed by atoms with Crippen LogP contribution in [0.4, 0.5) is 0 Å². The van der Waals surface area contributed by atoms with Crippen molar-refractivity contribution in [1.29, 1.82) is 0 Å². The molecule has 0 radical (unpaired) electrons. The van der Waals surface area contributed by atoms with Gasteiger partial charge in [-0.25, -0.2) is 0 Å². The van der Waals surface area contributed by atoms with Gasteiger partial charge in [0.1, 0.15) is 0 Å². The van der Waals surface area contributed by atoms with Gasteiger partial charge in [-0.05, 0) is 18.3 Å². The molecule has 84 valence electrons. The van der Waals surface area contributed by atoms with E-state index in [1.54, 1.807) is 0 Å². The fourth-order valence-corrected chi connectivity index (χ4v) is 1.11. The largest absolute Gasteiger partial charge is 0.481 e. The summed E-state index contributed by atoms with van der Waals surface area (Å²) in [5.74, 6) is -0.675. The first-order valence-corrected chi connectivity index (χ1v) is 4.63. The van der Waals surface area contributed by atoms with Crippen LogP contribution in [0.5, 0.6) is 0 Å². The number of rotatable bonds is 5. The molecule has 0 spiro atoms. The first kappa shape index (κ1) is 19.7. The Balaban J connectivity index is -0.000000605. The predicted octanol–water partition coefficient (Wildman–Crippen LogP) is 1.88.